The molecule has 0 bridgehead atoms. The van der Waals surface area contributed by atoms with Crippen LogP contribution in [0.3, 0.4) is 0 Å². The van der Waals surface area contributed by atoms with Crippen LogP contribution in [-0.4, -0.2) is 19.0 Å². The first-order valence-corrected chi connectivity index (χ1v) is 6.74. The van der Waals surface area contributed by atoms with Crippen LogP contribution in [0.1, 0.15) is 31.2 Å². The second kappa shape index (κ2) is 6.55. The standard InChI is InChI=1S/C15H21N2O/c1-12-4-7-14(8-5-12)17-15(18)9-6-13-3-2-10-16-11-13/h4-5,7-8,13H,2-3,6,9-11H2,1H3,(H,17,18). The largest absolute Gasteiger partial charge is 0.326 e. The Morgan fingerprint density at radius 1 is 1.39 bits per heavy atom. The highest BCUT2D eigenvalue weighted by molar-refractivity contribution is 5.90. The quantitative estimate of drug-likeness (QED) is 0.870. The Balaban J connectivity index is 1.73. The van der Waals surface area contributed by atoms with Gasteiger partial charge in [-0.15, -0.1) is 0 Å². The second-order valence-electron chi connectivity index (χ2n) is 5.09. The van der Waals surface area contributed by atoms with Crippen LogP contribution in [0.25, 0.3) is 0 Å². The topological polar surface area (TPSA) is 43.2 Å². The van der Waals surface area contributed by atoms with Gasteiger partial charge < -0.3 is 5.32 Å². The highest BCUT2D eigenvalue weighted by atomic mass is 16.1. The number of aryl methyl sites for hydroxylation is 1. The van der Waals surface area contributed by atoms with Crippen molar-refractivity contribution in [2.24, 2.45) is 5.92 Å². The van der Waals surface area contributed by atoms with Gasteiger partial charge in [0.2, 0.25) is 5.91 Å². The van der Waals surface area contributed by atoms with Gasteiger partial charge in [0, 0.05) is 25.2 Å². The predicted molar refractivity (Wildman–Crippen MR) is 73.6 cm³/mol. The minimum Gasteiger partial charge on any atom is -0.326 e. The SMILES string of the molecule is Cc1ccc(NC(=O)CCC2CCC[N]C2)cc1. The summed E-state index contributed by atoms with van der Waals surface area (Å²) in [5.41, 5.74) is 2.09. The third-order valence-corrected chi connectivity index (χ3v) is 3.43. The predicted octanol–water partition coefficient (Wildman–Crippen LogP) is 2.73. The average molecular weight is 245 g/mol. The van der Waals surface area contributed by atoms with Crippen LogP contribution < -0.4 is 10.6 Å². The van der Waals surface area contributed by atoms with Gasteiger partial charge in [0.25, 0.3) is 0 Å². The zero-order valence-electron chi connectivity index (χ0n) is 11.0. The van der Waals surface area contributed by atoms with Crippen LogP contribution in [0.2, 0.25) is 0 Å². The van der Waals surface area contributed by atoms with Crippen LogP contribution in [-0.2, 0) is 4.79 Å². The van der Waals surface area contributed by atoms with Gasteiger partial charge in [0.15, 0.2) is 0 Å². The highest BCUT2D eigenvalue weighted by Gasteiger charge is 2.15. The minimum absolute atomic E-state index is 0.115. The fourth-order valence-corrected chi connectivity index (χ4v) is 2.29. The molecule has 1 saturated heterocycles. The van der Waals surface area contributed by atoms with Gasteiger partial charge in [-0.25, -0.2) is 5.32 Å². The maximum atomic E-state index is 11.8. The summed E-state index contributed by atoms with van der Waals surface area (Å²) in [7, 11) is 0. The van der Waals surface area contributed by atoms with Crippen LogP contribution in [0, 0.1) is 12.8 Å². The summed E-state index contributed by atoms with van der Waals surface area (Å²) in [5.74, 6) is 0.729. The lowest BCUT2D eigenvalue weighted by atomic mass is 9.94. The molecule has 0 aromatic heterocycles. The van der Waals surface area contributed by atoms with Crippen molar-refractivity contribution in [3.05, 3.63) is 29.8 Å². The molecule has 1 N–H and O–H groups in total. The number of carbonyl (C=O) groups excluding carboxylic acids is 1. The van der Waals surface area contributed by atoms with Crippen molar-refractivity contribution in [1.29, 1.82) is 0 Å². The summed E-state index contributed by atoms with van der Waals surface area (Å²) < 4.78 is 0. The van der Waals surface area contributed by atoms with E-state index in [2.05, 4.69) is 10.6 Å². The molecule has 0 saturated carbocycles. The second-order valence-corrected chi connectivity index (χ2v) is 5.09. The first kappa shape index (κ1) is 13.1. The summed E-state index contributed by atoms with van der Waals surface area (Å²) in [6.07, 6.45) is 3.97. The van der Waals surface area contributed by atoms with E-state index in [1.54, 1.807) is 0 Å². The molecule has 1 aromatic rings. The van der Waals surface area contributed by atoms with Gasteiger partial charge in [-0.05, 0) is 44.2 Å². The Morgan fingerprint density at radius 3 is 2.83 bits per heavy atom. The zero-order chi connectivity index (χ0) is 12.8. The molecule has 3 nitrogen and oxygen atoms in total. The van der Waals surface area contributed by atoms with Crippen molar-refractivity contribution in [3.63, 3.8) is 0 Å². The third-order valence-electron chi connectivity index (χ3n) is 3.43. The van der Waals surface area contributed by atoms with E-state index < -0.39 is 0 Å². The summed E-state index contributed by atoms with van der Waals surface area (Å²) in [6, 6.07) is 7.91. The number of hydrogen-bond acceptors (Lipinski definition) is 1. The molecule has 0 aliphatic carbocycles. The maximum absolute atomic E-state index is 11.8. The molecule has 0 spiro atoms. The number of rotatable bonds is 4. The van der Waals surface area contributed by atoms with Crippen molar-refractivity contribution >= 4 is 11.6 Å². The molecule has 1 aromatic carbocycles. The van der Waals surface area contributed by atoms with Crippen LogP contribution in [0.4, 0.5) is 5.69 Å². The first-order valence-electron chi connectivity index (χ1n) is 6.74. The summed E-state index contributed by atoms with van der Waals surface area (Å²) in [5, 5.41) is 7.34. The fraction of sp³-hybridized carbons (Fsp3) is 0.533. The molecule has 1 fully saturated rings. The van der Waals surface area contributed by atoms with E-state index in [-0.39, 0.29) is 5.91 Å². The number of benzene rings is 1. The van der Waals surface area contributed by atoms with Crippen LogP contribution in [0.5, 0.6) is 0 Å². The maximum Gasteiger partial charge on any atom is 0.224 e. The summed E-state index contributed by atoms with van der Waals surface area (Å²) in [4.78, 5) is 11.8. The Hall–Kier alpha value is -1.35. The Labute approximate surface area is 109 Å². The van der Waals surface area contributed by atoms with Crippen LogP contribution in [0.15, 0.2) is 24.3 Å². The third kappa shape index (κ3) is 4.15. The fourth-order valence-electron chi connectivity index (χ4n) is 2.29. The molecule has 1 heterocycles. The molecule has 1 aliphatic heterocycles. The molecule has 18 heavy (non-hydrogen) atoms. The van der Waals surface area contributed by atoms with E-state index in [0.717, 1.165) is 25.2 Å². The molecule has 2 rings (SSSR count). The molecular weight excluding hydrogens is 224 g/mol. The van der Waals surface area contributed by atoms with Gasteiger partial charge in [0.1, 0.15) is 0 Å². The molecule has 97 valence electrons. The van der Waals surface area contributed by atoms with Gasteiger partial charge in [-0.3, -0.25) is 4.79 Å². The molecule has 1 aliphatic rings. The summed E-state index contributed by atoms with van der Waals surface area (Å²) in [6.45, 7) is 3.99. The minimum atomic E-state index is 0.115. The molecular formula is C15H21N2O. The van der Waals surface area contributed by atoms with Crippen molar-refractivity contribution < 1.29 is 4.79 Å². The van der Waals surface area contributed by atoms with Crippen molar-refractivity contribution in [2.45, 2.75) is 32.6 Å². The van der Waals surface area contributed by atoms with Gasteiger partial charge in [-0.1, -0.05) is 17.7 Å². The van der Waals surface area contributed by atoms with Crippen molar-refractivity contribution in [3.8, 4) is 0 Å². The lowest BCUT2D eigenvalue weighted by molar-refractivity contribution is -0.116. The monoisotopic (exact) mass is 245 g/mol. The molecule has 1 amide bonds. The van der Waals surface area contributed by atoms with E-state index in [0.29, 0.717) is 12.3 Å². The molecule has 1 radical (unpaired) electrons. The average Bonchev–Trinajstić information content (AvgIpc) is 2.40. The first-order chi connectivity index (χ1) is 8.74. The number of hydrogen-bond donors (Lipinski definition) is 1. The van der Waals surface area contributed by atoms with Gasteiger partial charge in [0.05, 0.1) is 0 Å². The van der Waals surface area contributed by atoms with E-state index in [4.69, 9.17) is 0 Å². The number of nitrogens with one attached hydrogen (secondary N) is 1. The summed E-state index contributed by atoms with van der Waals surface area (Å²) >= 11 is 0. The smallest absolute Gasteiger partial charge is 0.224 e. The van der Waals surface area contributed by atoms with Gasteiger partial charge >= 0.3 is 0 Å². The van der Waals surface area contributed by atoms with E-state index >= 15 is 0 Å². The number of anilines is 1. The van der Waals surface area contributed by atoms with E-state index in [1.165, 1.54) is 18.4 Å². The lowest BCUT2D eigenvalue weighted by Gasteiger charge is -2.20. The number of carbonyl (C=O) groups is 1. The molecule has 1 unspecified atom stereocenters. The van der Waals surface area contributed by atoms with Crippen molar-refractivity contribution in [1.82, 2.24) is 5.32 Å². The Kier molecular flexibility index (Phi) is 4.76. The molecule has 1 atom stereocenters. The lowest BCUT2D eigenvalue weighted by Crippen LogP contribution is -2.25. The Morgan fingerprint density at radius 2 is 2.17 bits per heavy atom. The number of nitrogens with zero attached hydrogens (tertiary/aromatic N) is 1. The van der Waals surface area contributed by atoms with Crippen LogP contribution >= 0.6 is 0 Å². The normalized spacial score (nSPS) is 19.5. The van der Waals surface area contributed by atoms with Gasteiger partial charge in [-0.2, -0.15) is 0 Å². The zero-order valence-corrected chi connectivity index (χ0v) is 11.0. The molecule has 3 heteroatoms. The number of amides is 1. The van der Waals surface area contributed by atoms with E-state index in [9.17, 15) is 4.79 Å². The van der Waals surface area contributed by atoms with E-state index in [1.807, 2.05) is 31.2 Å². The van der Waals surface area contributed by atoms with Crippen molar-refractivity contribution in [2.75, 3.05) is 18.4 Å². The number of piperidine rings is 1. The highest BCUT2D eigenvalue weighted by Crippen LogP contribution is 2.17. The Bertz CT molecular complexity index is 380.